The number of rotatable bonds is 3. The molecule has 1 N–H and O–H groups in total. The van der Waals surface area contributed by atoms with Crippen LogP contribution in [0.1, 0.15) is 41.3 Å². The lowest BCUT2D eigenvalue weighted by Crippen LogP contribution is -2.19. The second kappa shape index (κ2) is 6.74. The Labute approximate surface area is 140 Å². The maximum Gasteiger partial charge on any atom is 0.417 e. The first-order chi connectivity index (χ1) is 10.7. The van der Waals surface area contributed by atoms with Gasteiger partial charge in [-0.3, -0.25) is 4.79 Å². The SMILES string of the molecule is CC(C)c1cc(Br)ccc1NC(=O)c1ccccc1C(F)(F)F. The Morgan fingerprint density at radius 1 is 1.13 bits per heavy atom. The van der Waals surface area contributed by atoms with Gasteiger partial charge in [0, 0.05) is 10.2 Å². The number of benzene rings is 2. The van der Waals surface area contributed by atoms with Gasteiger partial charge in [0.05, 0.1) is 11.1 Å². The Kier molecular flexibility index (Phi) is 5.14. The van der Waals surface area contributed by atoms with Crippen molar-refractivity contribution in [1.29, 1.82) is 0 Å². The first-order valence-electron chi connectivity index (χ1n) is 6.97. The molecule has 0 heterocycles. The van der Waals surface area contributed by atoms with E-state index in [1.54, 1.807) is 12.1 Å². The number of hydrogen-bond donors (Lipinski definition) is 1. The quantitative estimate of drug-likeness (QED) is 0.705. The van der Waals surface area contributed by atoms with Crippen LogP contribution in [0.15, 0.2) is 46.9 Å². The summed E-state index contributed by atoms with van der Waals surface area (Å²) in [6.45, 7) is 3.89. The molecule has 0 saturated carbocycles. The highest BCUT2D eigenvalue weighted by molar-refractivity contribution is 9.10. The summed E-state index contributed by atoms with van der Waals surface area (Å²) < 4.78 is 39.9. The third-order valence-electron chi connectivity index (χ3n) is 3.36. The first-order valence-corrected chi connectivity index (χ1v) is 7.76. The van der Waals surface area contributed by atoms with Crippen LogP contribution in [0.25, 0.3) is 0 Å². The molecule has 122 valence electrons. The molecule has 0 aliphatic heterocycles. The molecule has 0 unspecified atom stereocenters. The lowest BCUT2D eigenvalue weighted by molar-refractivity contribution is -0.137. The Balaban J connectivity index is 2.38. The van der Waals surface area contributed by atoms with Crippen molar-refractivity contribution in [3.8, 4) is 0 Å². The Bertz CT molecular complexity index is 726. The molecule has 6 heteroatoms. The van der Waals surface area contributed by atoms with E-state index >= 15 is 0 Å². The van der Waals surface area contributed by atoms with Crippen LogP contribution in [0.2, 0.25) is 0 Å². The molecule has 2 aromatic rings. The Hall–Kier alpha value is -1.82. The van der Waals surface area contributed by atoms with Gasteiger partial charge in [0.25, 0.3) is 5.91 Å². The van der Waals surface area contributed by atoms with Gasteiger partial charge in [-0.2, -0.15) is 13.2 Å². The van der Waals surface area contributed by atoms with Crippen LogP contribution in [0.5, 0.6) is 0 Å². The molecule has 0 fully saturated rings. The van der Waals surface area contributed by atoms with Crippen LogP contribution in [0.4, 0.5) is 18.9 Å². The number of amides is 1. The van der Waals surface area contributed by atoms with Gasteiger partial charge < -0.3 is 5.32 Å². The topological polar surface area (TPSA) is 29.1 Å². The van der Waals surface area contributed by atoms with E-state index < -0.39 is 23.2 Å². The van der Waals surface area contributed by atoms with Crippen LogP contribution in [0.3, 0.4) is 0 Å². The average molecular weight is 386 g/mol. The summed E-state index contributed by atoms with van der Waals surface area (Å²) in [7, 11) is 0. The van der Waals surface area contributed by atoms with Crippen molar-refractivity contribution in [1.82, 2.24) is 0 Å². The van der Waals surface area contributed by atoms with Crippen LogP contribution < -0.4 is 5.32 Å². The molecule has 0 atom stereocenters. The fraction of sp³-hybridized carbons (Fsp3) is 0.235. The van der Waals surface area contributed by atoms with Crippen molar-refractivity contribution < 1.29 is 18.0 Å². The van der Waals surface area contributed by atoms with Gasteiger partial charge in [0.1, 0.15) is 0 Å². The summed E-state index contributed by atoms with van der Waals surface area (Å²) in [6, 6.07) is 10.0. The van der Waals surface area contributed by atoms with Crippen molar-refractivity contribution in [2.45, 2.75) is 25.9 Å². The minimum atomic E-state index is -4.57. The third-order valence-corrected chi connectivity index (χ3v) is 3.85. The summed E-state index contributed by atoms with van der Waals surface area (Å²) in [6.07, 6.45) is -4.57. The molecule has 23 heavy (non-hydrogen) atoms. The van der Waals surface area contributed by atoms with Gasteiger partial charge in [0.15, 0.2) is 0 Å². The van der Waals surface area contributed by atoms with Gasteiger partial charge in [-0.05, 0) is 41.8 Å². The molecule has 2 nitrogen and oxygen atoms in total. The zero-order valence-corrected chi connectivity index (χ0v) is 14.1. The van der Waals surface area contributed by atoms with E-state index in [4.69, 9.17) is 0 Å². The maximum atomic E-state index is 13.0. The summed E-state index contributed by atoms with van der Waals surface area (Å²) in [4.78, 5) is 12.3. The number of carbonyl (C=O) groups excluding carboxylic acids is 1. The maximum absolute atomic E-state index is 13.0. The number of carbonyl (C=O) groups is 1. The third kappa shape index (κ3) is 4.13. The van der Waals surface area contributed by atoms with E-state index in [9.17, 15) is 18.0 Å². The molecule has 0 aliphatic rings. The van der Waals surface area contributed by atoms with E-state index in [0.29, 0.717) is 5.69 Å². The van der Waals surface area contributed by atoms with Crippen molar-refractivity contribution in [2.75, 3.05) is 5.32 Å². The highest BCUT2D eigenvalue weighted by atomic mass is 79.9. The molecule has 0 spiro atoms. The van der Waals surface area contributed by atoms with Gasteiger partial charge in [-0.1, -0.05) is 41.9 Å². The fourth-order valence-corrected chi connectivity index (χ4v) is 2.62. The predicted octanol–water partition coefficient (Wildman–Crippen LogP) is 5.84. The summed E-state index contributed by atoms with van der Waals surface area (Å²) >= 11 is 3.35. The van der Waals surface area contributed by atoms with Crippen molar-refractivity contribution in [2.24, 2.45) is 0 Å². The second-order valence-corrected chi connectivity index (χ2v) is 6.30. The molecule has 0 aromatic heterocycles. The van der Waals surface area contributed by atoms with Crippen LogP contribution in [0, 0.1) is 0 Å². The molecular weight excluding hydrogens is 371 g/mol. The zero-order chi connectivity index (χ0) is 17.2. The number of halogens is 4. The largest absolute Gasteiger partial charge is 0.417 e. The highest BCUT2D eigenvalue weighted by Gasteiger charge is 2.34. The summed E-state index contributed by atoms with van der Waals surface area (Å²) in [5.41, 5.74) is 0.0146. The monoisotopic (exact) mass is 385 g/mol. The lowest BCUT2D eigenvalue weighted by atomic mass is 10.0. The molecule has 2 aromatic carbocycles. The van der Waals surface area contributed by atoms with Crippen LogP contribution >= 0.6 is 15.9 Å². The van der Waals surface area contributed by atoms with E-state index in [1.165, 1.54) is 18.2 Å². The van der Waals surface area contributed by atoms with E-state index in [0.717, 1.165) is 16.1 Å². The number of anilines is 1. The zero-order valence-electron chi connectivity index (χ0n) is 12.5. The molecule has 0 radical (unpaired) electrons. The molecule has 0 saturated heterocycles. The predicted molar refractivity (Wildman–Crippen MR) is 87.6 cm³/mol. The Morgan fingerprint density at radius 2 is 1.78 bits per heavy atom. The molecule has 0 aliphatic carbocycles. The van der Waals surface area contributed by atoms with Crippen LogP contribution in [-0.4, -0.2) is 5.91 Å². The van der Waals surface area contributed by atoms with Crippen molar-refractivity contribution in [3.05, 3.63) is 63.6 Å². The average Bonchev–Trinajstić information content (AvgIpc) is 2.48. The molecule has 1 amide bonds. The first kappa shape index (κ1) is 17.5. The van der Waals surface area contributed by atoms with Gasteiger partial charge in [0.2, 0.25) is 0 Å². The number of hydrogen-bond acceptors (Lipinski definition) is 1. The highest BCUT2D eigenvalue weighted by Crippen LogP contribution is 2.33. The minimum Gasteiger partial charge on any atom is -0.322 e. The van der Waals surface area contributed by atoms with Crippen molar-refractivity contribution >= 4 is 27.5 Å². The summed E-state index contributed by atoms with van der Waals surface area (Å²) in [5.74, 6) is -0.664. The Morgan fingerprint density at radius 3 is 2.39 bits per heavy atom. The van der Waals surface area contributed by atoms with Gasteiger partial charge in [-0.15, -0.1) is 0 Å². The number of alkyl halides is 3. The van der Waals surface area contributed by atoms with E-state index in [1.807, 2.05) is 19.9 Å². The minimum absolute atomic E-state index is 0.112. The lowest BCUT2D eigenvalue weighted by Gasteiger charge is -2.16. The van der Waals surface area contributed by atoms with Crippen molar-refractivity contribution in [3.63, 3.8) is 0 Å². The fourth-order valence-electron chi connectivity index (χ4n) is 2.24. The van der Waals surface area contributed by atoms with Crippen LogP contribution in [-0.2, 0) is 6.18 Å². The second-order valence-electron chi connectivity index (χ2n) is 5.38. The van der Waals surface area contributed by atoms with Gasteiger partial charge >= 0.3 is 6.18 Å². The van der Waals surface area contributed by atoms with E-state index in [2.05, 4.69) is 21.2 Å². The smallest absolute Gasteiger partial charge is 0.322 e. The molecule has 2 rings (SSSR count). The normalized spacial score (nSPS) is 11.6. The van der Waals surface area contributed by atoms with E-state index in [-0.39, 0.29) is 5.92 Å². The molecular formula is C17H15BrF3NO. The van der Waals surface area contributed by atoms with Gasteiger partial charge in [-0.25, -0.2) is 0 Å². The number of nitrogens with one attached hydrogen (secondary N) is 1. The molecule has 0 bridgehead atoms. The standard InChI is InChI=1S/C17H15BrF3NO/c1-10(2)13-9-11(18)7-8-15(13)22-16(23)12-5-3-4-6-14(12)17(19,20)21/h3-10H,1-2H3,(H,22,23). The summed E-state index contributed by atoms with van der Waals surface area (Å²) in [5, 5.41) is 2.59.